The van der Waals surface area contributed by atoms with E-state index in [1.165, 1.54) is 12.1 Å². The van der Waals surface area contributed by atoms with Gasteiger partial charge in [0.05, 0.1) is 11.5 Å². The largest absolute Gasteiger partial charge is 0.396 e. The topological polar surface area (TPSA) is 70.0 Å². The molecule has 132 valence electrons. The molecular weight excluding hydrogens is 313 g/mol. The van der Waals surface area contributed by atoms with E-state index in [0.29, 0.717) is 39.0 Å². The number of amides is 1. The van der Waals surface area contributed by atoms with E-state index in [0.717, 1.165) is 5.56 Å². The van der Waals surface area contributed by atoms with Gasteiger partial charge >= 0.3 is 0 Å². The molecule has 5 nitrogen and oxygen atoms in total. The Hall–Kier alpha value is -1.50. The standard InChI is InChI=1S/C18H24FNO4/c19-15-3-1-14(2-4-15)18(6-9-24-10-7-18)17(23)20-8-5-13(12-21)16(22)11-20/h1-4,13,16,21-22H,5-12H2/t13-,16+/m1/s1. The third-order valence-corrected chi connectivity index (χ3v) is 5.40. The molecule has 24 heavy (non-hydrogen) atoms. The summed E-state index contributed by atoms with van der Waals surface area (Å²) < 4.78 is 18.7. The van der Waals surface area contributed by atoms with Gasteiger partial charge in [0.25, 0.3) is 0 Å². The molecule has 3 rings (SSSR count). The fourth-order valence-corrected chi connectivity index (χ4v) is 3.80. The molecule has 2 fully saturated rings. The number of benzene rings is 1. The summed E-state index contributed by atoms with van der Waals surface area (Å²) >= 11 is 0. The van der Waals surface area contributed by atoms with Gasteiger partial charge in [-0.1, -0.05) is 12.1 Å². The van der Waals surface area contributed by atoms with E-state index in [4.69, 9.17) is 4.74 Å². The van der Waals surface area contributed by atoms with Crippen molar-refractivity contribution in [3.8, 4) is 0 Å². The minimum absolute atomic E-state index is 0.0344. The van der Waals surface area contributed by atoms with E-state index in [1.54, 1.807) is 17.0 Å². The fraction of sp³-hybridized carbons (Fsp3) is 0.611. The molecule has 0 unspecified atom stereocenters. The van der Waals surface area contributed by atoms with Crippen LogP contribution in [0.25, 0.3) is 0 Å². The molecule has 0 saturated carbocycles. The number of rotatable bonds is 3. The van der Waals surface area contributed by atoms with Crippen molar-refractivity contribution in [1.29, 1.82) is 0 Å². The van der Waals surface area contributed by atoms with Crippen LogP contribution in [0, 0.1) is 11.7 Å². The second-order valence-electron chi connectivity index (χ2n) is 6.75. The molecular formula is C18H24FNO4. The van der Waals surface area contributed by atoms with E-state index < -0.39 is 11.5 Å². The zero-order valence-electron chi connectivity index (χ0n) is 13.7. The van der Waals surface area contributed by atoms with Gasteiger partial charge in [-0.25, -0.2) is 4.39 Å². The number of nitrogens with zero attached hydrogens (tertiary/aromatic N) is 1. The molecule has 6 heteroatoms. The molecule has 0 bridgehead atoms. The zero-order chi connectivity index (χ0) is 17.2. The van der Waals surface area contributed by atoms with Crippen molar-refractivity contribution >= 4 is 5.91 Å². The van der Waals surface area contributed by atoms with Crippen molar-refractivity contribution in [1.82, 2.24) is 4.90 Å². The number of piperidine rings is 1. The Morgan fingerprint density at radius 3 is 2.54 bits per heavy atom. The molecule has 2 aliphatic rings. The summed E-state index contributed by atoms with van der Waals surface area (Å²) in [5.74, 6) is -0.536. The third-order valence-electron chi connectivity index (χ3n) is 5.40. The summed E-state index contributed by atoms with van der Waals surface area (Å²) in [7, 11) is 0. The minimum atomic E-state index is -0.724. The van der Waals surface area contributed by atoms with Crippen molar-refractivity contribution in [2.45, 2.75) is 30.8 Å². The Balaban J connectivity index is 1.86. The average Bonchev–Trinajstić information content (AvgIpc) is 2.62. The van der Waals surface area contributed by atoms with Gasteiger partial charge in [0, 0.05) is 38.8 Å². The Labute approximate surface area is 141 Å². The Morgan fingerprint density at radius 2 is 1.96 bits per heavy atom. The summed E-state index contributed by atoms with van der Waals surface area (Å²) in [6.07, 6.45) is 0.971. The molecule has 2 N–H and O–H groups in total. The van der Waals surface area contributed by atoms with Crippen LogP contribution in [-0.4, -0.2) is 60.0 Å². The second-order valence-corrected chi connectivity index (χ2v) is 6.75. The molecule has 0 aromatic heterocycles. The van der Waals surface area contributed by atoms with Crippen LogP contribution in [0.2, 0.25) is 0 Å². The summed E-state index contributed by atoms with van der Waals surface area (Å²) in [5, 5.41) is 19.4. The Bertz CT molecular complexity index is 571. The highest BCUT2D eigenvalue weighted by molar-refractivity contribution is 5.88. The van der Waals surface area contributed by atoms with Crippen molar-refractivity contribution in [2.24, 2.45) is 5.92 Å². The predicted octanol–water partition coefficient (Wildman–Crippen LogP) is 1.08. The van der Waals surface area contributed by atoms with Crippen LogP contribution < -0.4 is 0 Å². The number of halogens is 1. The molecule has 0 spiro atoms. The van der Waals surface area contributed by atoms with Gasteiger partial charge in [0.15, 0.2) is 0 Å². The third kappa shape index (κ3) is 3.18. The van der Waals surface area contributed by atoms with E-state index in [1.807, 2.05) is 0 Å². The maximum Gasteiger partial charge on any atom is 0.233 e. The Morgan fingerprint density at radius 1 is 1.29 bits per heavy atom. The van der Waals surface area contributed by atoms with Crippen LogP contribution in [0.1, 0.15) is 24.8 Å². The lowest BCUT2D eigenvalue weighted by Crippen LogP contribution is -2.55. The minimum Gasteiger partial charge on any atom is -0.396 e. The van der Waals surface area contributed by atoms with Gasteiger partial charge in [-0.15, -0.1) is 0 Å². The van der Waals surface area contributed by atoms with Crippen molar-refractivity contribution < 1.29 is 24.1 Å². The normalized spacial score (nSPS) is 27.0. The van der Waals surface area contributed by atoms with E-state index in [9.17, 15) is 19.4 Å². The first-order valence-electron chi connectivity index (χ1n) is 8.49. The lowest BCUT2D eigenvalue weighted by molar-refractivity contribution is -0.146. The summed E-state index contributed by atoms with van der Waals surface area (Å²) in [4.78, 5) is 15.0. The number of carbonyl (C=O) groups excluding carboxylic acids is 1. The molecule has 2 aliphatic heterocycles. The van der Waals surface area contributed by atoms with Crippen LogP contribution in [0.15, 0.2) is 24.3 Å². The van der Waals surface area contributed by atoms with Crippen LogP contribution in [0.5, 0.6) is 0 Å². The molecule has 1 amide bonds. The number of hydrogen-bond acceptors (Lipinski definition) is 4. The molecule has 1 aromatic carbocycles. The highest BCUT2D eigenvalue weighted by Crippen LogP contribution is 2.38. The average molecular weight is 337 g/mol. The highest BCUT2D eigenvalue weighted by Gasteiger charge is 2.45. The van der Waals surface area contributed by atoms with Crippen LogP contribution in [0.3, 0.4) is 0 Å². The first kappa shape index (κ1) is 17.3. The van der Waals surface area contributed by atoms with Crippen molar-refractivity contribution in [3.63, 3.8) is 0 Å². The summed E-state index contributed by atoms with van der Waals surface area (Å²) in [5.41, 5.74) is 0.0773. The van der Waals surface area contributed by atoms with Crippen LogP contribution in [0.4, 0.5) is 4.39 Å². The van der Waals surface area contributed by atoms with Crippen LogP contribution in [-0.2, 0) is 14.9 Å². The number of ether oxygens (including phenoxy) is 1. The number of β-amino-alcohol motifs (C(OH)–C–C–N with tert-alkyl or cyclic N) is 1. The van der Waals surface area contributed by atoms with Gasteiger partial charge in [-0.2, -0.15) is 0 Å². The summed E-state index contributed by atoms with van der Waals surface area (Å²) in [6.45, 7) is 1.65. The van der Waals surface area contributed by atoms with E-state index in [-0.39, 0.29) is 30.8 Å². The summed E-state index contributed by atoms with van der Waals surface area (Å²) in [6, 6.07) is 6.12. The van der Waals surface area contributed by atoms with Gasteiger partial charge < -0.3 is 19.8 Å². The van der Waals surface area contributed by atoms with Crippen molar-refractivity contribution in [3.05, 3.63) is 35.6 Å². The SMILES string of the molecule is O=C(N1CC[C@H](CO)[C@@H](O)C1)C1(c2ccc(F)cc2)CCOCC1. The predicted molar refractivity (Wildman–Crippen MR) is 85.9 cm³/mol. The Kier molecular flexibility index (Phi) is 5.18. The lowest BCUT2D eigenvalue weighted by Gasteiger charge is -2.43. The monoisotopic (exact) mass is 337 g/mol. The maximum atomic E-state index is 13.3. The van der Waals surface area contributed by atoms with Gasteiger partial charge in [0.2, 0.25) is 5.91 Å². The van der Waals surface area contributed by atoms with Gasteiger partial charge in [0.1, 0.15) is 5.82 Å². The number of carbonyl (C=O) groups is 1. The van der Waals surface area contributed by atoms with Gasteiger partial charge in [-0.3, -0.25) is 4.79 Å². The van der Waals surface area contributed by atoms with Crippen LogP contribution >= 0.6 is 0 Å². The quantitative estimate of drug-likeness (QED) is 0.866. The maximum absolute atomic E-state index is 13.3. The van der Waals surface area contributed by atoms with Crippen molar-refractivity contribution in [2.75, 3.05) is 32.9 Å². The molecule has 1 aromatic rings. The number of hydrogen-bond donors (Lipinski definition) is 2. The number of aliphatic hydroxyl groups excluding tert-OH is 2. The fourth-order valence-electron chi connectivity index (χ4n) is 3.80. The number of aliphatic hydroxyl groups is 2. The first-order chi connectivity index (χ1) is 11.6. The molecule has 2 atom stereocenters. The van der Waals surface area contributed by atoms with E-state index >= 15 is 0 Å². The molecule has 2 heterocycles. The second kappa shape index (κ2) is 7.17. The molecule has 2 saturated heterocycles. The molecule has 0 aliphatic carbocycles. The van der Waals surface area contributed by atoms with E-state index in [2.05, 4.69) is 0 Å². The molecule has 0 radical (unpaired) electrons. The smallest absolute Gasteiger partial charge is 0.233 e. The lowest BCUT2D eigenvalue weighted by atomic mass is 9.72. The number of likely N-dealkylation sites (tertiary alicyclic amines) is 1. The first-order valence-corrected chi connectivity index (χ1v) is 8.49. The highest BCUT2D eigenvalue weighted by atomic mass is 19.1. The van der Waals surface area contributed by atoms with Gasteiger partial charge in [-0.05, 0) is 37.0 Å². The zero-order valence-corrected chi connectivity index (χ0v) is 13.7.